The maximum Gasteiger partial charge on any atom is 0.224 e. The first-order chi connectivity index (χ1) is 12.2. The van der Waals surface area contributed by atoms with Crippen molar-refractivity contribution in [1.82, 2.24) is 0 Å². The van der Waals surface area contributed by atoms with E-state index in [0.29, 0.717) is 44.0 Å². The van der Waals surface area contributed by atoms with Crippen molar-refractivity contribution in [2.75, 3.05) is 18.5 Å². The molecular weight excluding hydrogens is 316 g/mol. The molecule has 0 unspecified atom stereocenters. The minimum Gasteiger partial charge on any atom is -0.490 e. The van der Waals surface area contributed by atoms with Gasteiger partial charge in [0.05, 0.1) is 25.7 Å². The molecule has 2 aromatic rings. The summed E-state index contributed by atoms with van der Waals surface area (Å²) in [4.78, 5) is 12.0. The monoisotopic (exact) mass is 338 g/mol. The smallest absolute Gasteiger partial charge is 0.224 e. The van der Waals surface area contributed by atoms with Crippen LogP contribution in [0.5, 0.6) is 11.5 Å². The fourth-order valence-corrected chi connectivity index (χ4v) is 2.28. The first-order valence-electron chi connectivity index (χ1n) is 8.33. The Balaban J connectivity index is 1.73. The molecule has 0 aliphatic heterocycles. The first-order valence-corrected chi connectivity index (χ1v) is 8.33. The number of amides is 1. The van der Waals surface area contributed by atoms with Crippen molar-refractivity contribution >= 4 is 11.6 Å². The highest BCUT2D eigenvalue weighted by Crippen LogP contribution is 2.26. The van der Waals surface area contributed by atoms with Crippen LogP contribution >= 0.6 is 0 Å². The molecule has 0 aromatic heterocycles. The van der Waals surface area contributed by atoms with E-state index in [1.807, 2.05) is 43.3 Å². The Hall–Kier alpha value is -3.00. The predicted molar refractivity (Wildman–Crippen MR) is 96.7 cm³/mol. The third-order valence-electron chi connectivity index (χ3n) is 3.48. The number of nitrogens with zero attached hydrogens (tertiary/aromatic N) is 1. The van der Waals surface area contributed by atoms with E-state index in [-0.39, 0.29) is 5.91 Å². The van der Waals surface area contributed by atoms with E-state index in [1.165, 1.54) is 0 Å². The Morgan fingerprint density at radius 2 is 1.76 bits per heavy atom. The molecule has 5 nitrogen and oxygen atoms in total. The van der Waals surface area contributed by atoms with Crippen LogP contribution in [-0.2, 0) is 11.2 Å². The number of hydrogen-bond acceptors (Lipinski definition) is 4. The lowest BCUT2D eigenvalue weighted by molar-refractivity contribution is -0.116. The van der Waals surface area contributed by atoms with Crippen molar-refractivity contribution in [3.63, 3.8) is 0 Å². The lowest BCUT2D eigenvalue weighted by atomic mass is 10.1. The van der Waals surface area contributed by atoms with Crippen molar-refractivity contribution in [2.24, 2.45) is 0 Å². The second-order valence-corrected chi connectivity index (χ2v) is 5.41. The predicted octanol–water partition coefficient (Wildman–Crippen LogP) is 3.95. The second kappa shape index (κ2) is 9.99. The number of carbonyl (C=O) groups excluding carboxylic acids is 1. The Bertz CT molecular complexity index is 720. The Morgan fingerprint density at radius 3 is 2.40 bits per heavy atom. The number of nitriles is 1. The van der Waals surface area contributed by atoms with Gasteiger partial charge in [0.15, 0.2) is 11.5 Å². The molecule has 130 valence electrons. The molecule has 2 aromatic carbocycles. The topological polar surface area (TPSA) is 71.3 Å². The molecule has 0 saturated carbocycles. The fraction of sp³-hybridized carbons (Fsp3) is 0.300. The zero-order valence-corrected chi connectivity index (χ0v) is 14.3. The minimum absolute atomic E-state index is 0.0604. The van der Waals surface area contributed by atoms with E-state index < -0.39 is 0 Å². The molecule has 1 amide bonds. The van der Waals surface area contributed by atoms with Crippen LogP contribution in [0, 0.1) is 11.3 Å². The zero-order valence-electron chi connectivity index (χ0n) is 14.3. The molecule has 0 spiro atoms. The summed E-state index contributed by atoms with van der Waals surface area (Å²) in [7, 11) is 0. The Morgan fingerprint density at radius 1 is 1.08 bits per heavy atom. The van der Waals surface area contributed by atoms with Gasteiger partial charge in [0.2, 0.25) is 5.91 Å². The van der Waals surface area contributed by atoms with Gasteiger partial charge in [-0.1, -0.05) is 24.3 Å². The number of anilines is 1. The molecule has 2 rings (SSSR count). The van der Waals surface area contributed by atoms with Crippen LogP contribution in [0.15, 0.2) is 48.5 Å². The van der Waals surface area contributed by atoms with Gasteiger partial charge in [-0.3, -0.25) is 4.79 Å². The van der Waals surface area contributed by atoms with Gasteiger partial charge in [-0.25, -0.2) is 0 Å². The molecule has 0 radical (unpaired) electrons. The Kier molecular flexibility index (Phi) is 7.33. The van der Waals surface area contributed by atoms with Crippen LogP contribution in [0.25, 0.3) is 0 Å². The summed E-state index contributed by atoms with van der Waals surface area (Å²) in [6.45, 7) is 2.95. The van der Waals surface area contributed by atoms with Crippen molar-refractivity contribution in [1.29, 1.82) is 5.26 Å². The minimum atomic E-state index is -0.0604. The van der Waals surface area contributed by atoms with E-state index in [1.54, 1.807) is 12.1 Å². The van der Waals surface area contributed by atoms with Gasteiger partial charge in [-0.15, -0.1) is 0 Å². The first kappa shape index (κ1) is 18.3. The molecule has 25 heavy (non-hydrogen) atoms. The standard InChI is InChI=1S/C20H22N2O3/c1-2-24-18-6-3-4-7-19(18)25-15-5-8-20(23)22-17-11-9-16(10-12-17)13-14-21/h3-4,6-7,9-12H,2,5,8,13,15H2,1H3,(H,22,23). The largest absolute Gasteiger partial charge is 0.490 e. The van der Waals surface area contributed by atoms with Gasteiger partial charge in [0, 0.05) is 12.1 Å². The van der Waals surface area contributed by atoms with Crippen molar-refractivity contribution < 1.29 is 14.3 Å². The van der Waals surface area contributed by atoms with E-state index in [2.05, 4.69) is 11.4 Å². The van der Waals surface area contributed by atoms with Crippen molar-refractivity contribution in [3.05, 3.63) is 54.1 Å². The lowest BCUT2D eigenvalue weighted by Crippen LogP contribution is -2.13. The van der Waals surface area contributed by atoms with Gasteiger partial charge in [0.1, 0.15) is 0 Å². The molecule has 0 aliphatic rings. The van der Waals surface area contributed by atoms with Gasteiger partial charge in [-0.05, 0) is 43.2 Å². The normalized spacial score (nSPS) is 9.92. The van der Waals surface area contributed by atoms with Gasteiger partial charge >= 0.3 is 0 Å². The highest BCUT2D eigenvalue weighted by molar-refractivity contribution is 5.90. The number of ether oxygens (including phenoxy) is 2. The summed E-state index contributed by atoms with van der Waals surface area (Å²) in [5, 5.41) is 11.5. The quantitative estimate of drug-likeness (QED) is 0.703. The van der Waals surface area contributed by atoms with Crippen LogP contribution < -0.4 is 14.8 Å². The molecule has 0 aliphatic carbocycles. The molecular formula is C20H22N2O3. The van der Waals surface area contributed by atoms with E-state index in [9.17, 15) is 4.79 Å². The third kappa shape index (κ3) is 6.19. The van der Waals surface area contributed by atoms with Crippen LogP contribution in [0.2, 0.25) is 0 Å². The lowest BCUT2D eigenvalue weighted by Gasteiger charge is -2.11. The average molecular weight is 338 g/mol. The number of benzene rings is 2. The molecule has 5 heteroatoms. The number of carbonyl (C=O) groups is 1. The maximum atomic E-state index is 12.0. The molecule has 0 fully saturated rings. The summed E-state index contributed by atoms with van der Waals surface area (Å²) in [6, 6.07) is 16.9. The maximum absolute atomic E-state index is 12.0. The van der Waals surface area contributed by atoms with Crippen LogP contribution in [0.3, 0.4) is 0 Å². The molecule has 0 atom stereocenters. The number of nitrogens with one attached hydrogen (secondary N) is 1. The highest BCUT2D eigenvalue weighted by Gasteiger charge is 2.05. The van der Waals surface area contributed by atoms with Gasteiger partial charge < -0.3 is 14.8 Å². The summed E-state index contributed by atoms with van der Waals surface area (Å²) >= 11 is 0. The van der Waals surface area contributed by atoms with E-state index in [4.69, 9.17) is 14.7 Å². The van der Waals surface area contributed by atoms with Crippen molar-refractivity contribution in [2.45, 2.75) is 26.2 Å². The van der Waals surface area contributed by atoms with Crippen LogP contribution in [-0.4, -0.2) is 19.1 Å². The van der Waals surface area contributed by atoms with Crippen LogP contribution in [0.1, 0.15) is 25.3 Å². The second-order valence-electron chi connectivity index (χ2n) is 5.41. The highest BCUT2D eigenvalue weighted by atomic mass is 16.5. The molecule has 0 heterocycles. The summed E-state index contributed by atoms with van der Waals surface area (Å²) in [5.41, 5.74) is 1.66. The number of para-hydroxylation sites is 2. The number of hydrogen-bond donors (Lipinski definition) is 1. The van der Waals surface area contributed by atoms with Crippen molar-refractivity contribution in [3.8, 4) is 17.6 Å². The molecule has 0 saturated heterocycles. The third-order valence-corrected chi connectivity index (χ3v) is 3.48. The zero-order chi connectivity index (χ0) is 17.9. The summed E-state index contributed by atoms with van der Waals surface area (Å²) in [5.74, 6) is 1.35. The van der Waals surface area contributed by atoms with Gasteiger partial charge in [-0.2, -0.15) is 5.26 Å². The number of rotatable bonds is 9. The van der Waals surface area contributed by atoms with Gasteiger partial charge in [0.25, 0.3) is 0 Å². The molecule has 1 N–H and O–H groups in total. The van der Waals surface area contributed by atoms with E-state index >= 15 is 0 Å². The summed E-state index contributed by atoms with van der Waals surface area (Å²) < 4.78 is 11.2. The summed E-state index contributed by atoms with van der Waals surface area (Å²) in [6.07, 6.45) is 1.35. The Labute approximate surface area is 148 Å². The fourth-order valence-electron chi connectivity index (χ4n) is 2.28. The SMILES string of the molecule is CCOc1ccccc1OCCCC(=O)Nc1ccc(CC#N)cc1. The van der Waals surface area contributed by atoms with Crippen LogP contribution in [0.4, 0.5) is 5.69 Å². The molecule has 0 bridgehead atoms. The average Bonchev–Trinajstić information content (AvgIpc) is 2.62. The van der Waals surface area contributed by atoms with E-state index in [0.717, 1.165) is 11.3 Å².